The Morgan fingerprint density at radius 3 is 2.06 bits per heavy atom. The molecule has 13 nitrogen and oxygen atoms in total. The lowest BCUT2D eigenvalue weighted by atomic mass is 9.84. The molecule has 0 aromatic heterocycles. The molecule has 1 aliphatic carbocycles. The number of rotatable bonds is 10. The molecule has 2 unspecified atom stereocenters. The molecule has 2 bridgehead atoms. The first-order chi connectivity index (χ1) is 23.4. The van der Waals surface area contributed by atoms with Crippen LogP contribution in [0.1, 0.15) is 106 Å². The molecule has 50 heavy (non-hydrogen) atoms. The van der Waals surface area contributed by atoms with Crippen LogP contribution in [-0.4, -0.2) is 88.3 Å². The number of piperidine rings is 1. The van der Waals surface area contributed by atoms with E-state index in [0.717, 1.165) is 5.56 Å². The number of nitrogens with zero attached hydrogens (tertiary/aromatic N) is 3. The average molecular weight is 696 g/mol. The smallest absolute Gasteiger partial charge is 0.333 e. The summed E-state index contributed by atoms with van der Waals surface area (Å²) in [7, 11) is 0. The zero-order valence-corrected chi connectivity index (χ0v) is 31.0. The summed E-state index contributed by atoms with van der Waals surface area (Å²) in [6.45, 7) is 15.7. The number of hydrogen-bond acceptors (Lipinski definition) is 6. The Morgan fingerprint density at radius 2 is 1.50 bits per heavy atom. The number of hydrazine groups is 1. The Bertz CT molecular complexity index is 1400. The third-order valence-corrected chi connectivity index (χ3v) is 10.2. The van der Waals surface area contributed by atoms with Gasteiger partial charge in [0.1, 0.15) is 12.1 Å². The summed E-state index contributed by atoms with van der Waals surface area (Å²) in [6.07, 6.45) is 3.62. The number of fused-ring (bicyclic) bond motifs is 2. The van der Waals surface area contributed by atoms with Crippen LogP contribution >= 0.6 is 0 Å². The summed E-state index contributed by atoms with van der Waals surface area (Å²) in [5.41, 5.74) is 2.44. The molecule has 3 fully saturated rings. The van der Waals surface area contributed by atoms with Gasteiger partial charge in [0, 0.05) is 31.5 Å². The fraction of sp³-hybridized carbons (Fsp3) is 0.676. The number of nitrogens with one attached hydrogen (secondary N) is 4. The number of carbonyl (C=O) groups is 6. The van der Waals surface area contributed by atoms with Crippen LogP contribution in [-0.2, 0) is 19.2 Å². The molecule has 0 radical (unpaired) electrons. The molecule has 1 aromatic rings. The summed E-state index contributed by atoms with van der Waals surface area (Å²) in [4.78, 5) is 83.6. The highest BCUT2D eigenvalue weighted by Gasteiger charge is 2.47. The number of hydrogen-bond donors (Lipinski definition) is 4. The first-order valence-corrected chi connectivity index (χ1v) is 18.1. The number of benzene rings is 1. The number of likely N-dealkylation sites (tertiary alicyclic amines) is 2. The van der Waals surface area contributed by atoms with Gasteiger partial charge in [-0.2, -0.15) is 0 Å². The van der Waals surface area contributed by atoms with Gasteiger partial charge in [-0.1, -0.05) is 78.8 Å². The molecule has 6 atom stereocenters. The fourth-order valence-electron chi connectivity index (χ4n) is 7.05. The molecule has 276 valence electrons. The van der Waals surface area contributed by atoms with E-state index in [4.69, 9.17) is 0 Å². The van der Waals surface area contributed by atoms with Gasteiger partial charge >= 0.3 is 12.1 Å². The molecule has 0 spiro atoms. The van der Waals surface area contributed by atoms with E-state index in [1.165, 1.54) is 14.8 Å². The first kappa shape index (κ1) is 38.6. The van der Waals surface area contributed by atoms with Gasteiger partial charge < -0.3 is 20.9 Å². The molecule has 2 saturated heterocycles. The average Bonchev–Trinajstić information content (AvgIpc) is 3.73. The molecule has 1 saturated carbocycles. The molecule has 8 amide bonds. The second kappa shape index (κ2) is 15.8. The molecular weight excluding hydrogens is 638 g/mol. The van der Waals surface area contributed by atoms with E-state index >= 15 is 0 Å². The lowest BCUT2D eigenvalue weighted by Crippen LogP contribution is -2.62. The van der Waals surface area contributed by atoms with Crippen LogP contribution in [0.5, 0.6) is 0 Å². The van der Waals surface area contributed by atoms with Crippen molar-refractivity contribution in [3.05, 3.63) is 35.9 Å². The maximum absolute atomic E-state index is 14.2. The van der Waals surface area contributed by atoms with Gasteiger partial charge in [0.15, 0.2) is 0 Å². The van der Waals surface area contributed by atoms with E-state index in [-0.39, 0.29) is 42.8 Å². The van der Waals surface area contributed by atoms with Gasteiger partial charge in [-0.3, -0.25) is 29.5 Å². The standard InChI is InChI=1S/C37H57N7O6/c1-9-19-44(35(50)38-23(2)24-14-11-10-12-15-24)41-30(45)27-16-13-20-42(27)33(48)29(37(6,7)8)40-34(49)39-28(36(3,4)5)22-43-31(46)25-17-18-26(21-25)32(43)47/h10-12,14-15,23,25-29H,9,13,16-22H2,1-8H3,(H,38,50)(H,41,45)(H2,39,40,49)/t23-,25?,26?,27-,28+,29+/m0/s1. The monoisotopic (exact) mass is 695 g/mol. The molecule has 1 aromatic carbocycles. The maximum atomic E-state index is 14.2. The van der Waals surface area contributed by atoms with E-state index in [1.54, 1.807) is 0 Å². The van der Waals surface area contributed by atoms with Gasteiger partial charge in [0.05, 0.1) is 12.1 Å². The first-order valence-electron chi connectivity index (χ1n) is 18.1. The van der Waals surface area contributed by atoms with Crippen molar-refractivity contribution in [3.63, 3.8) is 0 Å². The van der Waals surface area contributed by atoms with Gasteiger partial charge in [-0.05, 0) is 61.8 Å². The summed E-state index contributed by atoms with van der Waals surface area (Å²) >= 11 is 0. The summed E-state index contributed by atoms with van der Waals surface area (Å²) in [5, 5.41) is 10.0. The Hall–Kier alpha value is -4.16. The number of carbonyl (C=O) groups excluding carboxylic acids is 6. The van der Waals surface area contributed by atoms with Crippen molar-refractivity contribution in [2.75, 3.05) is 19.6 Å². The lowest BCUT2D eigenvalue weighted by Gasteiger charge is -2.39. The zero-order chi connectivity index (χ0) is 37.0. The molecule has 4 N–H and O–H groups in total. The SMILES string of the molecule is CCCN(NC(=O)[C@@H]1CCCN1C(=O)[C@@H](NC(=O)N[C@H](CN1C(=O)C2CCC(C2)C1=O)C(C)(C)C)C(C)(C)C)C(=O)N[C@@H](C)c1ccccc1. The fourth-order valence-corrected chi connectivity index (χ4v) is 7.05. The Labute approximate surface area is 296 Å². The summed E-state index contributed by atoms with van der Waals surface area (Å²) in [5.74, 6) is -1.53. The quantitative estimate of drug-likeness (QED) is 0.213. The van der Waals surface area contributed by atoms with Crippen LogP contribution in [0, 0.1) is 22.7 Å². The molecule has 13 heteroatoms. The van der Waals surface area contributed by atoms with Crippen molar-refractivity contribution >= 4 is 35.7 Å². The second-order valence-corrected chi connectivity index (χ2v) is 16.2. The van der Waals surface area contributed by atoms with Crippen LogP contribution in [0.3, 0.4) is 0 Å². The predicted molar refractivity (Wildman–Crippen MR) is 189 cm³/mol. The summed E-state index contributed by atoms with van der Waals surface area (Å²) < 4.78 is 0. The third-order valence-electron chi connectivity index (χ3n) is 10.2. The normalized spacial score (nSPS) is 22.4. The topological polar surface area (TPSA) is 160 Å². The van der Waals surface area contributed by atoms with Crippen molar-refractivity contribution in [1.29, 1.82) is 0 Å². The van der Waals surface area contributed by atoms with E-state index in [1.807, 2.05) is 85.7 Å². The van der Waals surface area contributed by atoms with Crippen LogP contribution in [0.15, 0.2) is 30.3 Å². The van der Waals surface area contributed by atoms with Gasteiger partial charge in [-0.15, -0.1) is 0 Å². The Kier molecular flexibility index (Phi) is 12.2. The van der Waals surface area contributed by atoms with E-state index in [0.29, 0.717) is 45.1 Å². The van der Waals surface area contributed by atoms with Crippen LogP contribution < -0.4 is 21.4 Å². The minimum Gasteiger partial charge on any atom is -0.333 e. The van der Waals surface area contributed by atoms with Crippen LogP contribution in [0.25, 0.3) is 0 Å². The highest BCUT2D eigenvalue weighted by Crippen LogP contribution is 2.38. The Balaban J connectivity index is 1.43. The van der Waals surface area contributed by atoms with Gasteiger partial charge in [-0.25, -0.2) is 14.6 Å². The van der Waals surface area contributed by atoms with E-state index < -0.39 is 52.8 Å². The highest BCUT2D eigenvalue weighted by molar-refractivity contribution is 6.01. The molecule has 2 heterocycles. The van der Waals surface area contributed by atoms with Crippen molar-refractivity contribution in [2.45, 2.75) is 118 Å². The lowest BCUT2D eigenvalue weighted by molar-refractivity contribution is -0.153. The van der Waals surface area contributed by atoms with E-state index in [9.17, 15) is 28.8 Å². The zero-order valence-electron chi connectivity index (χ0n) is 31.0. The predicted octanol–water partition coefficient (Wildman–Crippen LogP) is 4.11. The maximum Gasteiger partial charge on any atom is 0.336 e. The van der Waals surface area contributed by atoms with Crippen molar-refractivity contribution < 1.29 is 28.8 Å². The summed E-state index contributed by atoms with van der Waals surface area (Å²) in [6, 6.07) is 5.78. The van der Waals surface area contributed by atoms with Crippen LogP contribution in [0.2, 0.25) is 0 Å². The third kappa shape index (κ3) is 9.14. The highest BCUT2D eigenvalue weighted by atomic mass is 16.2. The number of imide groups is 1. The number of amides is 8. The minimum absolute atomic E-state index is 0.0516. The van der Waals surface area contributed by atoms with Crippen molar-refractivity contribution in [3.8, 4) is 0 Å². The number of urea groups is 2. The largest absolute Gasteiger partial charge is 0.336 e. The van der Waals surface area contributed by atoms with Gasteiger partial charge in [0.25, 0.3) is 5.91 Å². The van der Waals surface area contributed by atoms with E-state index in [2.05, 4.69) is 21.4 Å². The van der Waals surface area contributed by atoms with Crippen LogP contribution in [0.4, 0.5) is 9.59 Å². The van der Waals surface area contributed by atoms with Gasteiger partial charge in [0.2, 0.25) is 17.7 Å². The molecule has 3 aliphatic rings. The molecular formula is C37H57N7O6. The van der Waals surface area contributed by atoms with Crippen molar-refractivity contribution in [2.24, 2.45) is 22.7 Å². The second-order valence-electron chi connectivity index (χ2n) is 16.2. The minimum atomic E-state index is -0.993. The van der Waals surface area contributed by atoms with Crippen molar-refractivity contribution in [1.82, 2.24) is 36.2 Å². The molecule has 4 rings (SSSR count). The molecule has 2 aliphatic heterocycles. The Morgan fingerprint density at radius 1 is 0.880 bits per heavy atom.